The summed E-state index contributed by atoms with van der Waals surface area (Å²) in [5.41, 5.74) is 6.34. The molecule has 0 fully saturated rings. The molecule has 0 saturated carbocycles. The predicted octanol–water partition coefficient (Wildman–Crippen LogP) is 5.83. The number of carbonyl (C=O) groups is 2. The van der Waals surface area contributed by atoms with E-state index in [4.69, 9.17) is 4.74 Å². The van der Waals surface area contributed by atoms with Crippen LogP contribution in [0.2, 0.25) is 0 Å². The molecule has 3 aromatic carbocycles. The molecule has 2 amide bonds. The third-order valence-corrected chi connectivity index (χ3v) is 6.33. The van der Waals surface area contributed by atoms with Gasteiger partial charge in [-0.3, -0.25) is 14.5 Å². The van der Waals surface area contributed by atoms with Crippen LogP contribution in [-0.4, -0.2) is 23.8 Å². The lowest BCUT2D eigenvalue weighted by atomic mass is 9.99. The zero-order valence-electron chi connectivity index (χ0n) is 20.3. The maximum absolute atomic E-state index is 13.6. The van der Waals surface area contributed by atoms with Crippen LogP contribution in [0.15, 0.2) is 72.4 Å². The second kappa shape index (κ2) is 9.56. The minimum absolute atomic E-state index is 0.132. The molecular formula is C29H30N2O3. The first-order valence-corrected chi connectivity index (χ1v) is 11.5. The van der Waals surface area contributed by atoms with Crippen LogP contribution in [0.25, 0.3) is 5.57 Å². The van der Waals surface area contributed by atoms with E-state index in [1.165, 1.54) is 10.5 Å². The summed E-state index contributed by atoms with van der Waals surface area (Å²) < 4.78 is 5.44. The van der Waals surface area contributed by atoms with Crippen molar-refractivity contribution in [2.24, 2.45) is 0 Å². The molecule has 1 heterocycles. The number of nitrogens with zero attached hydrogens (tertiary/aromatic N) is 1. The fourth-order valence-corrected chi connectivity index (χ4v) is 4.10. The molecule has 5 heteroatoms. The molecule has 0 spiro atoms. The molecule has 34 heavy (non-hydrogen) atoms. The Balaban J connectivity index is 1.75. The molecule has 0 bridgehead atoms. The third-order valence-electron chi connectivity index (χ3n) is 6.33. The summed E-state index contributed by atoms with van der Waals surface area (Å²) in [6.45, 7) is 8.44. The summed E-state index contributed by atoms with van der Waals surface area (Å²) in [5.74, 6) is 0.379. The van der Waals surface area contributed by atoms with Gasteiger partial charge in [0, 0.05) is 11.3 Å². The lowest BCUT2D eigenvalue weighted by Crippen LogP contribution is -2.32. The number of hydrogen-bond donors (Lipinski definition) is 1. The van der Waals surface area contributed by atoms with Crippen molar-refractivity contribution in [1.29, 1.82) is 0 Å². The van der Waals surface area contributed by atoms with Gasteiger partial charge in [0.25, 0.3) is 11.8 Å². The molecule has 1 N–H and O–H groups in total. The highest BCUT2D eigenvalue weighted by Gasteiger charge is 2.39. The van der Waals surface area contributed by atoms with E-state index >= 15 is 0 Å². The van der Waals surface area contributed by atoms with E-state index < -0.39 is 0 Å². The Hall–Kier alpha value is -3.86. The molecule has 0 aromatic heterocycles. The molecule has 1 aliphatic heterocycles. The van der Waals surface area contributed by atoms with Crippen LogP contribution in [0.3, 0.4) is 0 Å². The summed E-state index contributed by atoms with van der Waals surface area (Å²) in [5, 5.41) is 3.25. The van der Waals surface area contributed by atoms with Gasteiger partial charge in [-0.15, -0.1) is 0 Å². The van der Waals surface area contributed by atoms with Gasteiger partial charge >= 0.3 is 0 Å². The minimum atomic E-state index is -0.350. The van der Waals surface area contributed by atoms with Crippen molar-refractivity contribution in [1.82, 2.24) is 4.90 Å². The molecular weight excluding hydrogens is 424 g/mol. The first-order valence-electron chi connectivity index (χ1n) is 11.5. The quantitative estimate of drug-likeness (QED) is 0.457. The topological polar surface area (TPSA) is 58.6 Å². The summed E-state index contributed by atoms with van der Waals surface area (Å²) in [4.78, 5) is 28.5. The van der Waals surface area contributed by atoms with E-state index in [0.29, 0.717) is 22.9 Å². The van der Waals surface area contributed by atoms with Gasteiger partial charge in [0.2, 0.25) is 0 Å². The number of nitrogens with one attached hydrogen (secondary N) is 1. The van der Waals surface area contributed by atoms with Gasteiger partial charge in [0.15, 0.2) is 0 Å². The van der Waals surface area contributed by atoms with Gasteiger partial charge in [0.05, 0.1) is 19.2 Å². The van der Waals surface area contributed by atoms with Gasteiger partial charge in [-0.2, -0.15) is 0 Å². The van der Waals surface area contributed by atoms with Gasteiger partial charge < -0.3 is 10.1 Å². The highest BCUT2D eigenvalue weighted by atomic mass is 16.5. The Morgan fingerprint density at radius 1 is 0.882 bits per heavy atom. The van der Waals surface area contributed by atoms with Crippen LogP contribution in [0.1, 0.15) is 47.6 Å². The average molecular weight is 455 g/mol. The summed E-state index contributed by atoms with van der Waals surface area (Å²) in [6.07, 6.45) is 0. The van der Waals surface area contributed by atoms with Crippen molar-refractivity contribution < 1.29 is 14.3 Å². The maximum Gasteiger partial charge on any atom is 0.278 e. The number of amides is 2. The van der Waals surface area contributed by atoms with E-state index in [1.54, 1.807) is 7.11 Å². The monoisotopic (exact) mass is 454 g/mol. The average Bonchev–Trinajstić information content (AvgIpc) is 3.05. The van der Waals surface area contributed by atoms with E-state index in [-0.39, 0.29) is 18.4 Å². The molecule has 174 valence electrons. The van der Waals surface area contributed by atoms with Gasteiger partial charge in [0.1, 0.15) is 11.4 Å². The Morgan fingerprint density at radius 2 is 1.59 bits per heavy atom. The van der Waals surface area contributed by atoms with Crippen LogP contribution in [0.4, 0.5) is 5.69 Å². The maximum atomic E-state index is 13.6. The summed E-state index contributed by atoms with van der Waals surface area (Å²) in [6, 6.07) is 21.2. The Kier molecular flexibility index (Phi) is 6.55. The molecule has 0 atom stereocenters. The summed E-state index contributed by atoms with van der Waals surface area (Å²) >= 11 is 0. The van der Waals surface area contributed by atoms with Crippen LogP contribution < -0.4 is 10.1 Å². The first kappa shape index (κ1) is 23.3. The van der Waals surface area contributed by atoms with Gasteiger partial charge in [-0.1, -0.05) is 62.4 Å². The molecule has 3 aromatic rings. The Morgan fingerprint density at radius 3 is 2.24 bits per heavy atom. The largest absolute Gasteiger partial charge is 0.496 e. The van der Waals surface area contributed by atoms with Crippen molar-refractivity contribution in [3.05, 3.63) is 100 Å². The Labute approximate surface area is 201 Å². The number of benzene rings is 3. The summed E-state index contributed by atoms with van der Waals surface area (Å²) in [7, 11) is 1.58. The van der Waals surface area contributed by atoms with Gasteiger partial charge in [-0.05, 0) is 60.2 Å². The first-order chi connectivity index (χ1) is 16.3. The lowest BCUT2D eigenvalue weighted by molar-refractivity contribution is -0.137. The van der Waals surface area contributed by atoms with Crippen LogP contribution in [0, 0.1) is 13.8 Å². The fraction of sp³-hybridized carbons (Fsp3) is 0.241. The van der Waals surface area contributed by atoms with E-state index in [1.807, 2.05) is 80.6 Å². The fourth-order valence-electron chi connectivity index (χ4n) is 4.10. The van der Waals surface area contributed by atoms with Crippen molar-refractivity contribution in [2.45, 2.75) is 40.2 Å². The van der Waals surface area contributed by atoms with Crippen LogP contribution in [-0.2, 0) is 16.1 Å². The van der Waals surface area contributed by atoms with E-state index in [0.717, 1.165) is 27.9 Å². The van der Waals surface area contributed by atoms with Gasteiger partial charge in [-0.25, -0.2) is 0 Å². The van der Waals surface area contributed by atoms with E-state index in [2.05, 4.69) is 19.2 Å². The van der Waals surface area contributed by atoms with E-state index in [9.17, 15) is 9.59 Å². The van der Waals surface area contributed by atoms with Crippen LogP contribution >= 0.6 is 0 Å². The SMILES string of the molecule is COc1ccccc1CN1C(=O)C(Nc2ccc(C(C)C)cc2)=C(c2ccc(C)c(C)c2)C1=O. The molecule has 1 aliphatic rings. The zero-order valence-corrected chi connectivity index (χ0v) is 20.3. The zero-order chi connectivity index (χ0) is 24.4. The molecule has 0 unspecified atom stereocenters. The molecule has 0 saturated heterocycles. The number of methoxy groups -OCH3 is 1. The standard InChI is InChI=1S/C29H30N2O3/c1-18(2)21-12-14-24(15-13-21)30-27-26(22-11-10-19(3)20(4)16-22)28(32)31(29(27)33)17-23-8-6-7-9-25(23)34-5/h6-16,18,30H,17H2,1-5H3. The number of rotatable bonds is 7. The molecule has 0 radical (unpaired) electrons. The number of aryl methyl sites for hydroxylation is 2. The van der Waals surface area contributed by atoms with Crippen molar-refractivity contribution in [3.8, 4) is 5.75 Å². The molecule has 5 nitrogen and oxygen atoms in total. The smallest absolute Gasteiger partial charge is 0.278 e. The van der Waals surface area contributed by atoms with Crippen molar-refractivity contribution in [2.75, 3.05) is 12.4 Å². The normalized spacial score (nSPS) is 13.8. The second-order valence-electron chi connectivity index (χ2n) is 8.96. The minimum Gasteiger partial charge on any atom is -0.496 e. The number of imide groups is 1. The molecule has 0 aliphatic carbocycles. The number of carbonyl (C=O) groups excluding carboxylic acids is 2. The third kappa shape index (κ3) is 4.46. The Bertz CT molecular complexity index is 1270. The second-order valence-corrected chi connectivity index (χ2v) is 8.96. The van der Waals surface area contributed by atoms with Crippen molar-refractivity contribution >= 4 is 23.1 Å². The number of anilines is 1. The number of para-hydroxylation sites is 1. The predicted molar refractivity (Wildman–Crippen MR) is 136 cm³/mol. The van der Waals surface area contributed by atoms with Crippen LogP contribution in [0.5, 0.6) is 5.75 Å². The lowest BCUT2D eigenvalue weighted by Gasteiger charge is -2.17. The highest BCUT2D eigenvalue weighted by molar-refractivity contribution is 6.36. The number of hydrogen-bond acceptors (Lipinski definition) is 4. The van der Waals surface area contributed by atoms with Crippen molar-refractivity contribution in [3.63, 3.8) is 0 Å². The number of ether oxygens (including phenoxy) is 1. The highest BCUT2D eigenvalue weighted by Crippen LogP contribution is 2.33. The molecule has 4 rings (SSSR count).